The number of methoxy groups -OCH3 is 1. The van der Waals surface area contributed by atoms with Gasteiger partial charge in [0.2, 0.25) is 5.91 Å². The largest absolute Gasteiger partial charge is 0.465 e. The van der Waals surface area contributed by atoms with Crippen molar-refractivity contribution in [1.29, 1.82) is 0 Å². The fourth-order valence-electron chi connectivity index (χ4n) is 1.66. The van der Waals surface area contributed by atoms with Crippen molar-refractivity contribution in [3.8, 4) is 0 Å². The molecule has 1 aliphatic heterocycles. The molecule has 2 heterocycles. The number of thiophene rings is 1. The van der Waals surface area contributed by atoms with Crippen molar-refractivity contribution in [2.24, 2.45) is 4.99 Å². The summed E-state index contributed by atoms with van der Waals surface area (Å²) in [6, 6.07) is 1.77. The van der Waals surface area contributed by atoms with E-state index in [9.17, 15) is 9.59 Å². The second kappa shape index (κ2) is 7.86. The molecule has 1 aromatic rings. The highest BCUT2D eigenvalue weighted by Crippen LogP contribution is 2.29. The summed E-state index contributed by atoms with van der Waals surface area (Å²) in [5.41, 5.74) is 0.422. The fraction of sp³-hybridized carbons (Fsp3) is 0.462. The smallest absolute Gasteiger partial charge is 0.340 e. The van der Waals surface area contributed by atoms with Gasteiger partial charge in [-0.3, -0.25) is 9.79 Å². The van der Waals surface area contributed by atoms with E-state index in [0.29, 0.717) is 16.3 Å². The Morgan fingerprint density at radius 2 is 2.33 bits per heavy atom. The van der Waals surface area contributed by atoms with Crippen LogP contribution in [0, 0.1) is 0 Å². The van der Waals surface area contributed by atoms with Gasteiger partial charge in [-0.25, -0.2) is 4.79 Å². The average molecular weight is 344 g/mol. The lowest BCUT2D eigenvalue weighted by atomic mass is 10.2. The minimum atomic E-state index is -0.426. The lowest BCUT2D eigenvalue weighted by molar-refractivity contribution is -0.113. The molecule has 0 atom stereocenters. The van der Waals surface area contributed by atoms with E-state index in [1.807, 2.05) is 6.92 Å². The molecule has 0 spiro atoms. The standard InChI is InChI=1S/C13H16N2O3S3/c1-3-8-6-9(12(17)18-2)11(21-8)15-10(16)7-20-13-14-4-5-19-13/h6H,3-5,7H2,1-2H3,(H,15,16). The van der Waals surface area contributed by atoms with Crippen LogP contribution in [0.25, 0.3) is 0 Å². The lowest BCUT2D eigenvalue weighted by Crippen LogP contribution is -2.16. The number of carbonyl (C=O) groups excluding carboxylic acids is 2. The van der Waals surface area contributed by atoms with Crippen molar-refractivity contribution in [2.75, 3.05) is 30.5 Å². The number of aryl methyl sites for hydroxylation is 1. The van der Waals surface area contributed by atoms with Gasteiger partial charge in [0, 0.05) is 10.6 Å². The Bertz CT molecular complexity index is 569. The van der Waals surface area contributed by atoms with Crippen LogP contribution in [0.4, 0.5) is 5.00 Å². The molecule has 0 bridgehead atoms. The first kappa shape index (κ1) is 16.4. The van der Waals surface area contributed by atoms with Gasteiger partial charge in [0.1, 0.15) is 9.38 Å². The topological polar surface area (TPSA) is 67.8 Å². The van der Waals surface area contributed by atoms with Crippen LogP contribution in [0.15, 0.2) is 11.1 Å². The highest BCUT2D eigenvalue weighted by atomic mass is 32.2. The summed E-state index contributed by atoms with van der Waals surface area (Å²) >= 11 is 4.52. The molecule has 0 saturated carbocycles. The van der Waals surface area contributed by atoms with Gasteiger partial charge in [-0.05, 0) is 12.5 Å². The van der Waals surface area contributed by atoms with Crippen molar-refractivity contribution in [2.45, 2.75) is 13.3 Å². The maximum Gasteiger partial charge on any atom is 0.340 e. The van der Waals surface area contributed by atoms with Gasteiger partial charge in [0.05, 0.1) is 25.0 Å². The highest BCUT2D eigenvalue weighted by molar-refractivity contribution is 8.39. The number of hydrogen-bond donors (Lipinski definition) is 1. The summed E-state index contributed by atoms with van der Waals surface area (Å²) in [6.07, 6.45) is 0.812. The molecule has 2 rings (SSSR count). The highest BCUT2D eigenvalue weighted by Gasteiger charge is 2.18. The minimum absolute atomic E-state index is 0.134. The molecule has 0 aliphatic carbocycles. The second-order valence-corrected chi connectivity index (χ2v) is 7.58. The number of hydrogen-bond acceptors (Lipinski definition) is 7. The third-order valence-electron chi connectivity index (χ3n) is 2.67. The van der Waals surface area contributed by atoms with Crippen LogP contribution in [0.5, 0.6) is 0 Å². The quantitative estimate of drug-likeness (QED) is 0.832. The zero-order valence-electron chi connectivity index (χ0n) is 11.8. The van der Waals surface area contributed by atoms with Crippen LogP contribution >= 0.6 is 34.9 Å². The maximum absolute atomic E-state index is 12.0. The van der Waals surface area contributed by atoms with E-state index in [-0.39, 0.29) is 5.91 Å². The molecule has 1 aromatic heterocycles. The van der Waals surface area contributed by atoms with Crippen LogP contribution in [0.2, 0.25) is 0 Å². The summed E-state index contributed by atoms with van der Waals surface area (Å²) in [6.45, 7) is 2.83. The molecule has 0 saturated heterocycles. The SMILES string of the molecule is CCc1cc(C(=O)OC)c(NC(=O)CSC2=NCCS2)s1. The van der Waals surface area contributed by atoms with E-state index in [1.54, 1.807) is 17.8 Å². The summed E-state index contributed by atoms with van der Waals surface area (Å²) in [5.74, 6) is 0.724. The zero-order chi connectivity index (χ0) is 15.2. The van der Waals surface area contributed by atoms with E-state index in [2.05, 4.69) is 10.3 Å². The summed E-state index contributed by atoms with van der Waals surface area (Å²) in [4.78, 5) is 29.0. The monoisotopic (exact) mass is 344 g/mol. The molecule has 114 valence electrons. The fourth-order valence-corrected chi connectivity index (χ4v) is 4.47. The van der Waals surface area contributed by atoms with Gasteiger partial charge in [0.25, 0.3) is 0 Å². The van der Waals surface area contributed by atoms with E-state index >= 15 is 0 Å². The summed E-state index contributed by atoms with van der Waals surface area (Å²) in [5, 5.41) is 3.36. The molecule has 21 heavy (non-hydrogen) atoms. The molecule has 8 heteroatoms. The summed E-state index contributed by atoms with van der Waals surface area (Å²) < 4.78 is 5.70. The number of amides is 1. The first-order valence-corrected chi connectivity index (χ1v) is 9.23. The number of aliphatic imine (C=N–C) groups is 1. The molecule has 5 nitrogen and oxygen atoms in total. The number of thioether (sulfide) groups is 2. The lowest BCUT2D eigenvalue weighted by Gasteiger charge is -2.05. The van der Waals surface area contributed by atoms with E-state index in [0.717, 1.165) is 28.0 Å². The number of anilines is 1. The molecular formula is C13H16N2O3S3. The van der Waals surface area contributed by atoms with E-state index in [1.165, 1.54) is 30.2 Å². The Labute approximate surface area is 135 Å². The van der Waals surface area contributed by atoms with Gasteiger partial charge < -0.3 is 10.1 Å². The Balaban J connectivity index is 1.98. The first-order valence-electron chi connectivity index (χ1n) is 6.45. The molecule has 1 amide bonds. The molecular weight excluding hydrogens is 328 g/mol. The Morgan fingerprint density at radius 1 is 1.52 bits per heavy atom. The van der Waals surface area contributed by atoms with E-state index < -0.39 is 5.97 Å². The molecule has 0 radical (unpaired) electrons. The van der Waals surface area contributed by atoms with Crippen LogP contribution in [-0.2, 0) is 16.0 Å². The van der Waals surface area contributed by atoms with Crippen molar-refractivity contribution in [3.05, 3.63) is 16.5 Å². The molecule has 0 fully saturated rings. The van der Waals surface area contributed by atoms with Crippen LogP contribution < -0.4 is 5.32 Å². The second-order valence-electron chi connectivity index (χ2n) is 4.13. The summed E-state index contributed by atoms with van der Waals surface area (Å²) in [7, 11) is 1.34. The first-order chi connectivity index (χ1) is 10.1. The molecule has 0 aromatic carbocycles. The number of rotatable bonds is 5. The number of carbonyl (C=O) groups is 2. The van der Waals surface area contributed by atoms with E-state index in [4.69, 9.17) is 4.74 Å². The van der Waals surface area contributed by atoms with Crippen LogP contribution in [0.3, 0.4) is 0 Å². The number of esters is 1. The Kier molecular flexibility index (Phi) is 6.13. The van der Waals surface area contributed by atoms with Crippen molar-refractivity contribution in [1.82, 2.24) is 0 Å². The Morgan fingerprint density at radius 3 is 2.95 bits per heavy atom. The zero-order valence-corrected chi connectivity index (χ0v) is 14.3. The minimum Gasteiger partial charge on any atom is -0.465 e. The van der Waals surface area contributed by atoms with Crippen molar-refractivity contribution >= 4 is 56.1 Å². The van der Waals surface area contributed by atoms with Crippen molar-refractivity contribution < 1.29 is 14.3 Å². The number of nitrogens with one attached hydrogen (secondary N) is 1. The van der Waals surface area contributed by atoms with Gasteiger partial charge in [0.15, 0.2) is 0 Å². The van der Waals surface area contributed by atoms with Crippen molar-refractivity contribution in [3.63, 3.8) is 0 Å². The van der Waals surface area contributed by atoms with Gasteiger partial charge in [-0.1, -0.05) is 30.4 Å². The molecule has 0 unspecified atom stereocenters. The van der Waals surface area contributed by atoms with Gasteiger partial charge in [-0.2, -0.15) is 0 Å². The average Bonchev–Trinajstić information content (AvgIpc) is 3.13. The number of ether oxygens (including phenoxy) is 1. The third-order valence-corrected chi connectivity index (χ3v) is 6.12. The van der Waals surface area contributed by atoms with Gasteiger partial charge >= 0.3 is 5.97 Å². The number of nitrogens with zero attached hydrogens (tertiary/aromatic N) is 1. The normalized spacial score (nSPS) is 13.9. The van der Waals surface area contributed by atoms with Crippen LogP contribution in [0.1, 0.15) is 22.2 Å². The predicted octanol–water partition coefficient (Wildman–Crippen LogP) is 2.87. The third kappa shape index (κ3) is 4.49. The Hall–Kier alpha value is -0.990. The van der Waals surface area contributed by atoms with Crippen LogP contribution in [-0.4, -0.2) is 41.4 Å². The molecule has 1 N–H and O–H groups in total. The predicted molar refractivity (Wildman–Crippen MR) is 90.9 cm³/mol. The molecule has 1 aliphatic rings. The maximum atomic E-state index is 12.0. The van der Waals surface area contributed by atoms with Gasteiger partial charge in [-0.15, -0.1) is 11.3 Å².